The molecule has 1 aromatic carbocycles. The molecule has 0 bridgehead atoms. The Bertz CT molecular complexity index is 360. The van der Waals surface area contributed by atoms with Gasteiger partial charge in [-0.2, -0.15) is 5.10 Å². The highest BCUT2D eigenvalue weighted by Crippen LogP contribution is 2.11. The first kappa shape index (κ1) is 12.0. The number of nitrogens with two attached hydrogens (primary N) is 1. The first-order valence-corrected chi connectivity index (χ1v) is 5.03. The molecule has 0 aliphatic heterocycles. The van der Waals surface area contributed by atoms with Crippen molar-refractivity contribution < 1.29 is 9.53 Å². The van der Waals surface area contributed by atoms with Gasteiger partial charge in [-0.25, -0.2) is 10.2 Å². The fourth-order valence-corrected chi connectivity index (χ4v) is 1.04. The maximum absolute atomic E-state index is 10.3. The van der Waals surface area contributed by atoms with Gasteiger partial charge >= 0.3 is 6.03 Å². The molecule has 0 radical (unpaired) electrons. The smallest absolute Gasteiger partial charge is 0.332 e. The lowest BCUT2D eigenvalue weighted by Crippen LogP contribution is -2.24. The Labute approximate surface area is 94.3 Å². The molecule has 0 aliphatic rings. The van der Waals surface area contributed by atoms with Crippen molar-refractivity contribution in [2.45, 2.75) is 13.3 Å². The maximum Gasteiger partial charge on any atom is 0.332 e. The number of carbonyl (C=O) groups is 1. The molecular weight excluding hydrogens is 206 g/mol. The van der Waals surface area contributed by atoms with Crippen molar-refractivity contribution in [3.05, 3.63) is 29.8 Å². The molecular formula is C11H15N3O2. The summed E-state index contributed by atoms with van der Waals surface area (Å²) in [6, 6.07) is 6.70. The molecule has 0 unspecified atom stereocenters. The van der Waals surface area contributed by atoms with Crippen molar-refractivity contribution in [3.8, 4) is 5.75 Å². The van der Waals surface area contributed by atoms with Gasteiger partial charge in [-0.05, 0) is 36.2 Å². The van der Waals surface area contributed by atoms with E-state index in [1.165, 1.54) is 6.21 Å². The number of nitrogens with one attached hydrogen (secondary N) is 1. The van der Waals surface area contributed by atoms with Crippen LogP contribution in [0.2, 0.25) is 0 Å². The van der Waals surface area contributed by atoms with Crippen molar-refractivity contribution in [2.75, 3.05) is 6.61 Å². The number of hydrazone groups is 1. The zero-order chi connectivity index (χ0) is 11.8. The van der Waals surface area contributed by atoms with Crippen LogP contribution in [-0.2, 0) is 0 Å². The molecule has 5 nitrogen and oxygen atoms in total. The number of urea groups is 1. The Kier molecular flexibility index (Phi) is 4.85. The zero-order valence-electron chi connectivity index (χ0n) is 9.14. The van der Waals surface area contributed by atoms with Gasteiger partial charge in [-0.15, -0.1) is 0 Å². The van der Waals surface area contributed by atoms with Crippen LogP contribution in [0.4, 0.5) is 4.79 Å². The average Bonchev–Trinajstić information content (AvgIpc) is 2.27. The number of carbonyl (C=O) groups excluding carboxylic acids is 1. The number of hydrogen-bond acceptors (Lipinski definition) is 3. The van der Waals surface area contributed by atoms with Gasteiger partial charge in [0.1, 0.15) is 5.75 Å². The van der Waals surface area contributed by atoms with E-state index in [9.17, 15) is 4.79 Å². The van der Waals surface area contributed by atoms with E-state index >= 15 is 0 Å². The lowest BCUT2D eigenvalue weighted by Gasteiger charge is -2.03. The quantitative estimate of drug-likeness (QED) is 0.583. The molecule has 5 heteroatoms. The molecule has 16 heavy (non-hydrogen) atoms. The molecule has 0 saturated heterocycles. The first-order chi connectivity index (χ1) is 7.72. The largest absolute Gasteiger partial charge is 0.494 e. The lowest BCUT2D eigenvalue weighted by atomic mass is 10.2. The number of benzene rings is 1. The standard InChI is InChI=1S/C11H15N3O2/c1-2-7-16-10-5-3-9(4-6-10)8-13-14-11(12)15/h3-6,8H,2,7H2,1H3,(H3,12,14,15)/b13-8+. The van der Waals surface area contributed by atoms with Crippen molar-refractivity contribution in [2.24, 2.45) is 10.8 Å². The van der Waals surface area contributed by atoms with Gasteiger partial charge in [0.2, 0.25) is 0 Å². The van der Waals surface area contributed by atoms with E-state index in [0.29, 0.717) is 6.61 Å². The molecule has 0 fully saturated rings. The summed E-state index contributed by atoms with van der Waals surface area (Å²) in [5, 5.41) is 3.64. The van der Waals surface area contributed by atoms with Crippen LogP contribution in [0.1, 0.15) is 18.9 Å². The van der Waals surface area contributed by atoms with Crippen molar-refractivity contribution in [1.82, 2.24) is 5.43 Å². The summed E-state index contributed by atoms with van der Waals surface area (Å²) in [4.78, 5) is 10.3. The Morgan fingerprint density at radius 3 is 2.75 bits per heavy atom. The summed E-state index contributed by atoms with van der Waals surface area (Å²) in [5.74, 6) is 0.821. The van der Waals surface area contributed by atoms with Crippen LogP contribution in [0.15, 0.2) is 29.4 Å². The third kappa shape index (κ3) is 4.45. The number of primary amides is 1. The van der Waals surface area contributed by atoms with Crippen LogP contribution in [0.3, 0.4) is 0 Å². The molecule has 1 rings (SSSR count). The molecule has 86 valence electrons. The van der Waals surface area contributed by atoms with Gasteiger partial charge in [0.15, 0.2) is 0 Å². The highest BCUT2D eigenvalue weighted by Gasteiger charge is 1.93. The molecule has 1 aromatic rings. The topological polar surface area (TPSA) is 76.7 Å². The SMILES string of the molecule is CCCOc1ccc(/C=N/NC(N)=O)cc1. The Morgan fingerprint density at radius 2 is 2.19 bits per heavy atom. The summed E-state index contributed by atoms with van der Waals surface area (Å²) in [7, 11) is 0. The molecule has 0 saturated carbocycles. The highest BCUT2D eigenvalue weighted by atomic mass is 16.5. The average molecular weight is 221 g/mol. The number of rotatable bonds is 5. The predicted octanol–water partition coefficient (Wildman–Crippen LogP) is 1.48. The van der Waals surface area contributed by atoms with Crippen LogP contribution in [0, 0.1) is 0 Å². The van der Waals surface area contributed by atoms with Crippen LogP contribution in [-0.4, -0.2) is 18.9 Å². The third-order valence-electron chi connectivity index (χ3n) is 1.74. The maximum atomic E-state index is 10.3. The third-order valence-corrected chi connectivity index (χ3v) is 1.74. The Hall–Kier alpha value is -2.04. The van der Waals surface area contributed by atoms with Gasteiger partial charge in [0.05, 0.1) is 12.8 Å². The van der Waals surface area contributed by atoms with Gasteiger partial charge in [-0.3, -0.25) is 0 Å². The van der Waals surface area contributed by atoms with Crippen LogP contribution in [0.5, 0.6) is 5.75 Å². The van der Waals surface area contributed by atoms with E-state index in [1.807, 2.05) is 24.3 Å². The van der Waals surface area contributed by atoms with Gasteiger partial charge in [-0.1, -0.05) is 6.92 Å². The molecule has 0 spiro atoms. The fourth-order valence-electron chi connectivity index (χ4n) is 1.04. The van der Waals surface area contributed by atoms with E-state index in [2.05, 4.69) is 17.5 Å². The fraction of sp³-hybridized carbons (Fsp3) is 0.273. The summed E-state index contributed by atoms with van der Waals surface area (Å²) in [6.07, 6.45) is 2.49. The molecule has 2 amide bonds. The normalized spacial score (nSPS) is 10.3. The summed E-state index contributed by atoms with van der Waals surface area (Å²) in [6.45, 7) is 2.76. The molecule has 3 N–H and O–H groups in total. The number of hydrogen-bond donors (Lipinski definition) is 2. The molecule has 0 heterocycles. The number of ether oxygens (including phenoxy) is 1. The number of amides is 2. The first-order valence-electron chi connectivity index (χ1n) is 5.03. The van der Waals surface area contributed by atoms with Crippen molar-refractivity contribution >= 4 is 12.2 Å². The monoisotopic (exact) mass is 221 g/mol. The summed E-state index contributed by atoms with van der Waals surface area (Å²) >= 11 is 0. The van der Waals surface area contributed by atoms with Gasteiger partial charge in [0.25, 0.3) is 0 Å². The lowest BCUT2D eigenvalue weighted by molar-refractivity contribution is 0.249. The molecule has 0 aliphatic carbocycles. The van der Waals surface area contributed by atoms with Crippen LogP contribution < -0.4 is 15.9 Å². The van der Waals surface area contributed by atoms with E-state index in [1.54, 1.807) is 0 Å². The summed E-state index contributed by atoms with van der Waals surface area (Å²) < 4.78 is 5.42. The second-order valence-electron chi connectivity index (χ2n) is 3.15. The minimum Gasteiger partial charge on any atom is -0.494 e. The van der Waals surface area contributed by atoms with E-state index in [-0.39, 0.29) is 0 Å². The highest BCUT2D eigenvalue weighted by molar-refractivity contribution is 5.81. The Balaban J connectivity index is 2.50. The minimum atomic E-state index is -0.681. The molecule has 0 atom stereocenters. The van der Waals surface area contributed by atoms with Crippen molar-refractivity contribution in [3.63, 3.8) is 0 Å². The van der Waals surface area contributed by atoms with E-state index in [4.69, 9.17) is 10.5 Å². The number of nitrogens with zero attached hydrogens (tertiary/aromatic N) is 1. The Morgan fingerprint density at radius 1 is 1.50 bits per heavy atom. The second-order valence-corrected chi connectivity index (χ2v) is 3.15. The van der Waals surface area contributed by atoms with Crippen LogP contribution >= 0.6 is 0 Å². The van der Waals surface area contributed by atoms with Crippen molar-refractivity contribution in [1.29, 1.82) is 0 Å². The van der Waals surface area contributed by atoms with E-state index < -0.39 is 6.03 Å². The summed E-state index contributed by atoms with van der Waals surface area (Å²) in [5.41, 5.74) is 7.83. The zero-order valence-corrected chi connectivity index (χ0v) is 9.14. The van der Waals surface area contributed by atoms with E-state index in [0.717, 1.165) is 17.7 Å². The van der Waals surface area contributed by atoms with Gasteiger partial charge < -0.3 is 10.5 Å². The van der Waals surface area contributed by atoms with Crippen LogP contribution in [0.25, 0.3) is 0 Å². The second kappa shape index (κ2) is 6.44. The van der Waals surface area contributed by atoms with Gasteiger partial charge in [0, 0.05) is 0 Å². The predicted molar refractivity (Wildman–Crippen MR) is 62.5 cm³/mol. The molecule has 0 aromatic heterocycles. The minimum absolute atomic E-state index is 0.681.